The molecule has 3 rings (SSSR count). The third-order valence-electron chi connectivity index (χ3n) is 5.09. The quantitative estimate of drug-likeness (QED) is 0.787. The van der Waals surface area contributed by atoms with Gasteiger partial charge in [0.25, 0.3) is 0 Å². The minimum Gasteiger partial charge on any atom is -0.287 e. The Labute approximate surface area is 157 Å². The second kappa shape index (κ2) is 6.23. The molecule has 146 valence electrons. The van der Waals surface area contributed by atoms with Crippen molar-refractivity contribution >= 4 is 16.7 Å². The van der Waals surface area contributed by atoms with Gasteiger partial charge in [0, 0.05) is 6.54 Å². The molecule has 0 radical (unpaired) electrons. The van der Waals surface area contributed by atoms with Crippen LogP contribution in [0.15, 0.2) is 36.4 Å². The highest BCUT2D eigenvalue weighted by molar-refractivity contribution is 5.90. The number of halogens is 3. The van der Waals surface area contributed by atoms with Crippen molar-refractivity contribution in [3.63, 3.8) is 0 Å². The summed E-state index contributed by atoms with van der Waals surface area (Å²) in [7, 11) is 0. The molecule has 2 aromatic rings. The van der Waals surface area contributed by atoms with Gasteiger partial charge in [-0.2, -0.15) is 13.2 Å². The molecule has 1 fully saturated rings. The first-order chi connectivity index (χ1) is 12.3. The van der Waals surface area contributed by atoms with E-state index in [2.05, 4.69) is 5.43 Å². The highest BCUT2D eigenvalue weighted by Crippen LogP contribution is 2.44. The summed E-state index contributed by atoms with van der Waals surface area (Å²) >= 11 is 0. The molecule has 1 atom stereocenters. The number of hydrazine groups is 1. The van der Waals surface area contributed by atoms with Crippen LogP contribution in [-0.2, 0) is 10.2 Å². The molecule has 27 heavy (non-hydrogen) atoms. The summed E-state index contributed by atoms with van der Waals surface area (Å²) in [5.74, 6) is -0.395. The number of fused-ring (bicyclic) bond motifs is 1. The van der Waals surface area contributed by atoms with Crippen LogP contribution in [0.1, 0.15) is 51.8 Å². The summed E-state index contributed by atoms with van der Waals surface area (Å²) in [4.78, 5) is 12.1. The summed E-state index contributed by atoms with van der Waals surface area (Å²) in [5.41, 5.74) is 2.28. The van der Waals surface area contributed by atoms with Crippen molar-refractivity contribution in [1.29, 1.82) is 0 Å². The van der Waals surface area contributed by atoms with Crippen molar-refractivity contribution in [3.8, 4) is 0 Å². The molecular weight excluding hydrogens is 353 g/mol. The summed E-state index contributed by atoms with van der Waals surface area (Å²) in [6, 6.07) is 8.67. The first-order valence-corrected chi connectivity index (χ1v) is 8.99. The number of nitrogens with one attached hydrogen (secondary N) is 1. The smallest absolute Gasteiger partial charge is 0.287 e. The van der Waals surface area contributed by atoms with E-state index in [0.717, 1.165) is 16.0 Å². The van der Waals surface area contributed by atoms with Crippen LogP contribution in [0.25, 0.3) is 10.8 Å². The molecule has 1 amide bonds. The lowest BCUT2D eigenvalue weighted by Crippen LogP contribution is -2.43. The average molecular weight is 378 g/mol. The van der Waals surface area contributed by atoms with Gasteiger partial charge in [0.2, 0.25) is 5.91 Å². The van der Waals surface area contributed by atoms with Crippen molar-refractivity contribution < 1.29 is 18.0 Å². The van der Waals surface area contributed by atoms with Crippen LogP contribution < -0.4 is 5.43 Å². The van der Waals surface area contributed by atoms with Gasteiger partial charge in [-0.3, -0.25) is 10.2 Å². The van der Waals surface area contributed by atoms with Gasteiger partial charge in [0.05, 0.1) is 5.41 Å². The number of amides is 1. The fraction of sp³-hybridized carbons (Fsp3) is 0.476. The monoisotopic (exact) mass is 378 g/mol. The SMILES string of the molecule is CC1(C)CN(C(c2cccc3cccc(C(C)(C)C)c23)C(F)(F)F)NC1=O. The van der Waals surface area contributed by atoms with Crippen LogP contribution in [0.2, 0.25) is 0 Å². The number of alkyl halides is 3. The van der Waals surface area contributed by atoms with Crippen LogP contribution in [0, 0.1) is 5.41 Å². The maximum Gasteiger partial charge on any atom is 0.409 e. The standard InChI is InChI=1S/C21H25F3N2O/c1-19(2,3)15-11-7-9-13-8-6-10-14(16(13)15)17(21(22,23)24)26-12-20(4,5)18(27)25-26/h6-11,17H,12H2,1-5H3,(H,25,27). The zero-order valence-corrected chi connectivity index (χ0v) is 16.2. The predicted octanol–water partition coefficient (Wildman–Crippen LogP) is 5.11. The number of nitrogens with zero attached hydrogens (tertiary/aromatic N) is 1. The average Bonchev–Trinajstić information content (AvgIpc) is 2.77. The lowest BCUT2D eigenvalue weighted by atomic mass is 9.81. The van der Waals surface area contributed by atoms with E-state index in [4.69, 9.17) is 0 Å². The molecule has 2 aromatic carbocycles. The molecule has 0 aromatic heterocycles. The van der Waals surface area contributed by atoms with Crippen molar-refractivity contribution in [1.82, 2.24) is 10.4 Å². The largest absolute Gasteiger partial charge is 0.409 e. The topological polar surface area (TPSA) is 32.3 Å². The molecule has 1 aliphatic rings. The number of benzene rings is 2. The Hall–Kier alpha value is -2.08. The van der Waals surface area contributed by atoms with Crippen LogP contribution in [0.3, 0.4) is 0 Å². The molecule has 0 aliphatic carbocycles. The second-order valence-electron chi connectivity index (χ2n) is 8.90. The number of carbonyl (C=O) groups excluding carboxylic acids is 1. The van der Waals surface area contributed by atoms with Crippen molar-refractivity contribution in [2.45, 2.75) is 52.3 Å². The molecule has 6 heteroatoms. The highest BCUT2D eigenvalue weighted by Gasteiger charge is 2.51. The molecular formula is C21H25F3N2O. The molecule has 1 heterocycles. The normalized spacial score (nSPS) is 19.3. The van der Waals surface area contributed by atoms with E-state index in [-0.39, 0.29) is 17.5 Å². The lowest BCUT2D eigenvalue weighted by Gasteiger charge is -2.32. The van der Waals surface area contributed by atoms with Crippen LogP contribution in [-0.4, -0.2) is 23.6 Å². The van der Waals surface area contributed by atoms with E-state index in [1.807, 2.05) is 45.0 Å². The zero-order chi connectivity index (χ0) is 20.2. The number of rotatable bonds is 2. The minimum absolute atomic E-state index is 0.00984. The third kappa shape index (κ3) is 3.55. The molecule has 0 spiro atoms. The Bertz CT molecular complexity index is 876. The van der Waals surface area contributed by atoms with Crippen LogP contribution >= 0.6 is 0 Å². The Kier molecular flexibility index (Phi) is 4.54. The summed E-state index contributed by atoms with van der Waals surface area (Å²) in [5, 5.41) is 2.41. The summed E-state index contributed by atoms with van der Waals surface area (Å²) < 4.78 is 42.6. The lowest BCUT2D eigenvalue weighted by molar-refractivity contribution is -0.191. The fourth-order valence-electron chi connectivity index (χ4n) is 3.72. The number of carbonyl (C=O) groups is 1. The van der Waals surface area contributed by atoms with E-state index in [1.54, 1.807) is 19.9 Å². The molecule has 3 nitrogen and oxygen atoms in total. The second-order valence-corrected chi connectivity index (χ2v) is 8.90. The van der Waals surface area contributed by atoms with Crippen LogP contribution in [0.4, 0.5) is 13.2 Å². The first-order valence-electron chi connectivity index (χ1n) is 8.99. The molecule has 1 aliphatic heterocycles. The summed E-state index contributed by atoms with van der Waals surface area (Å²) in [6.07, 6.45) is -4.53. The van der Waals surface area contributed by atoms with Gasteiger partial charge < -0.3 is 0 Å². The van der Waals surface area contributed by atoms with Gasteiger partial charge in [-0.1, -0.05) is 57.2 Å². The van der Waals surface area contributed by atoms with Gasteiger partial charge >= 0.3 is 6.18 Å². The Balaban J connectivity index is 2.26. The van der Waals surface area contributed by atoms with Crippen molar-refractivity contribution in [2.24, 2.45) is 5.41 Å². The molecule has 0 saturated carbocycles. The molecule has 0 bridgehead atoms. The third-order valence-corrected chi connectivity index (χ3v) is 5.09. The Morgan fingerprint density at radius 3 is 2.15 bits per heavy atom. The van der Waals surface area contributed by atoms with E-state index < -0.39 is 23.5 Å². The van der Waals surface area contributed by atoms with Gasteiger partial charge in [0.15, 0.2) is 6.04 Å². The van der Waals surface area contributed by atoms with Gasteiger partial charge in [0.1, 0.15) is 0 Å². The Morgan fingerprint density at radius 2 is 1.67 bits per heavy atom. The maximum absolute atomic E-state index is 14.2. The van der Waals surface area contributed by atoms with Gasteiger partial charge in [-0.15, -0.1) is 0 Å². The van der Waals surface area contributed by atoms with Gasteiger partial charge in [-0.05, 0) is 41.2 Å². The Morgan fingerprint density at radius 1 is 1.07 bits per heavy atom. The minimum atomic E-state index is -4.53. The molecule has 1 saturated heterocycles. The van der Waals surface area contributed by atoms with E-state index in [0.29, 0.717) is 5.39 Å². The maximum atomic E-state index is 14.2. The molecule has 1 unspecified atom stereocenters. The van der Waals surface area contributed by atoms with E-state index >= 15 is 0 Å². The first kappa shape index (κ1) is 19.7. The highest BCUT2D eigenvalue weighted by atomic mass is 19.4. The van der Waals surface area contributed by atoms with E-state index in [1.165, 1.54) is 6.07 Å². The van der Waals surface area contributed by atoms with E-state index in [9.17, 15) is 18.0 Å². The van der Waals surface area contributed by atoms with Crippen LogP contribution in [0.5, 0.6) is 0 Å². The summed E-state index contributed by atoms with van der Waals surface area (Å²) in [6.45, 7) is 9.26. The number of hydrogen-bond donors (Lipinski definition) is 1. The van der Waals surface area contributed by atoms with Crippen molar-refractivity contribution in [2.75, 3.05) is 6.54 Å². The van der Waals surface area contributed by atoms with Gasteiger partial charge in [-0.25, -0.2) is 5.01 Å². The predicted molar refractivity (Wildman–Crippen MR) is 100 cm³/mol. The molecule has 1 N–H and O–H groups in total. The number of hydrogen-bond acceptors (Lipinski definition) is 2. The zero-order valence-electron chi connectivity index (χ0n) is 16.2. The van der Waals surface area contributed by atoms with Crippen molar-refractivity contribution in [3.05, 3.63) is 47.5 Å². The fourth-order valence-corrected chi connectivity index (χ4v) is 3.72.